The maximum absolute atomic E-state index is 4.65. The number of hydrogen-bond donors (Lipinski definition) is 3. The molecular weight excluding hydrogens is 408 g/mol. The molecule has 0 aliphatic carbocycles. The van der Waals surface area contributed by atoms with Crippen molar-refractivity contribution >= 4 is 21.8 Å². The Hall–Kier alpha value is -4.29. The third kappa shape index (κ3) is 3.03. The summed E-state index contributed by atoms with van der Waals surface area (Å²) < 4.78 is 0. The highest BCUT2D eigenvalue weighted by Crippen LogP contribution is 2.35. The molecule has 2 aromatic carbocycles. The second kappa shape index (κ2) is 7.12. The largest absolute Gasteiger partial charge is 0.352 e. The summed E-state index contributed by atoms with van der Waals surface area (Å²) in [6.45, 7) is 1.53. The zero-order valence-corrected chi connectivity index (χ0v) is 17.8. The van der Waals surface area contributed by atoms with E-state index < -0.39 is 0 Å². The number of nitrogens with one attached hydrogen (secondary N) is 3. The van der Waals surface area contributed by atoms with Crippen molar-refractivity contribution in [3.05, 3.63) is 90.5 Å². The maximum atomic E-state index is 4.65. The van der Waals surface area contributed by atoms with Gasteiger partial charge in [-0.2, -0.15) is 5.10 Å². The van der Waals surface area contributed by atoms with Crippen LogP contribution in [0.15, 0.2) is 79.4 Å². The van der Waals surface area contributed by atoms with Crippen LogP contribution in [0.25, 0.3) is 55.4 Å². The van der Waals surface area contributed by atoms with Gasteiger partial charge in [0, 0.05) is 53.6 Å². The van der Waals surface area contributed by atoms with Gasteiger partial charge in [0.1, 0.15) is 5.69 Å². The average molecular weight is 428 g/mol. The van der Waals surface area contributed by atoms with Gasteiger partial charge in [0.2, 0.25) is 0 Å². The van der Waals surface area contributed by atoms with Crippen molar-refractivity contribution in [1.82, 2.24) is 30.5 Å². The van der Waals surface area contributed by atoms with E-state index in [9.17, 15) is 0 Å². The predicted molar refractivity (Wildman–Crippen MR) is 130 cm³/mol. The van der Waals surface area contributed by atoms with E-state index in [1.807, 2.05) is 24.8 Å². The lowest BCUT2D eigenvalue weighted by molar-refractivity contribution is 0.692. The lowest BCUT2D eigenvalue weighted by Gasteiger charge is -2.09. The van der Waals surface area contributed by atoms with Crippen molar-refractivity contribution < 1.29 is 0 Å². The topological polar surface area (TPSA) is 82.3 Å². The number of aromatic nitrogens is 5. The normalized spacial score (nSPS) is 13.1. The fourth-order valence-electron chi connectivity index (χ4n) is 4.75. The van der Waals surface area contributed by atoms with E-state index >= 15 is 0 Å². The summed E-state index contributed by atoms with van der Waals surface area (Å²) in [6.07, 6.45) is 7.67. The van der Waals surface area contributed by atoms with Crippen LogP contribution in [0.1, 0.15) is 11.1 Å². The molecule has 0 unspecified atom stereocenters. The molecule has 8 bridgehead atoms. The van der Waals surface area contributed by atoms with Gasteiger partial charge >= 0.3 is 0 Å². The summed E-state index contributed by atoms with van der Waals surface area (Å²) >= 11 is 0. The highest BCUT2D eigenvalue weighted by Gasteiger charge is 2.15. The van der Waals surface area contributed by atoms with Crippen LogP contribution in [0, 0.1) is 0 Å². The molecule has 0 atom stereocenters. The van der Waals surface area contributed by atoms with E-state index in [0.29, 0.717) is 0 Å². The molecule has 0 fully saturated rings. The Kier molecular flexibility index (Phi) is 3.95. The summed E-state index contributed by atoms with van der Waals surface area (Å²) in [4.78, 5) is 12.5. The highest BCUT2D eigenvalue weighted by atomic mass is 15.1. The Labute approximate surface area is 189 Å². The third-order valence-corrected chi connectivity index (χ3v) is 6.39. The van der Waals surface area contributed by atoms with Gasteiger partial charge in [-0.1, -0.05) is 24.3 Å². The van der Waals surface area contributed by atoms with E-state index in [1.165, 1.54) is 5.56 Å². The Bertz CT molecular complexity index is 1660. The second-order valence-electron chi connectivity index (χ2n) is 8.55. The van der Waals surface area contributed by atoms with Crippen LogP contribution in [0.5, 0.6) is 0 Å². The zero-order chi connectivity index (χ0) is 21.8. The number of pyridine rings is 2. The van der Waals surface area contributed by atoms with Crippen LogP contribution in [-0.4, -0.2) is 25.1 Å². The fraction of sp³-hybridized carbons (Fsp3) is 0.0741. The Morgan fingerprint density at radius 1 is 0.667 bits per heavy atom. The third-order valence-electron chi connectivity index (χ3n) is 6.39. The first-order valence-corrected chi connectivity index (χ1v) is 11.0. The molecule has 3 N–H and O–H groups in total. The Morgan fingerprint density at radius 2 is 1.58 bits per heavy atom. The molecule has 1 aliphatic rings. The SMILES string of the molecule is c1cc2cc(c1)-c1cncc3[nH]c(cc13)-c1n[nH]c3ccc(cc13)-c1cncc(c1)CNC2. The van der Waals surface area contributed by atoms with Crippen LogP contribution < -0.4 is 5.32 Å². The van der Waals surface area contributed by atoms with Gasteiger partial charge in [-0.15, -0.1) is 0 Å². The molecule has 6 aromatic rings. The molecule has 0 saturated carbocycles. The molecule has 4 aromatic heterocycles. The molecule has 0 saturated heterocycles. The molecule has 5 heterocycles. The van der Waals surface area contributed by atoms with Gasteiger partial charge < -0.3 is 10.3 Å². The van der Waals surface area contributed by atoms with Crippen molar-refractivity contribution in [1.29, 1.82) is 0 Å². The molecule has 1 aliphatic heterocycles. The van der Waals surface area contributed by atoms with Crippen molar-refractivity contribution in [3.63, 3.8) is 0 Å². The second-order valence-corrected chi connectivity index (χ2v) is 8.55. The smallest absolute Gasteiger partial charge is 0.116 e. The molecule has 0 spiro atoms. The van der Waals surface area contributed by atoms with Gasteiger partial charge in [0.15, 0.2) is 0 Å². The lowest BCUT2D eigenvalue weighted by atomic mass is 10.0. The van der Waals surface area contributed by atoms with Crippen LogP contribution >= 0.6 is 0 Å². The van der Waals surface area contributed by atoms with Gasteiger partial charge in [0.05, 0.1) is 22.9 Å². The summed E-state index contributed by atoms with van der Waals surface area (Å²) in [5, 5.41) is 13.6. The van der Waals surface area contributed by atoms with Crippen LogP contribution in [0.4, 0.5) is 0 Å². The minimum Gasteiger partial charge on any atom is -0.352 e. The van der Waals surface area contributed by atoms with Crippen molar-refractivity contribution in [2.75, 3.05) is 0 Å². The summed E-state index contributed by atoms with van der Waals surface area (Å²) in [7, 11) is 0. The number of benzene rings is 2. The first kappa shape index (κ1) is 18.3. The number of hydrogen-bond acceptors (Lipinski definition) is 4. The van der Waals surface area contributed by atoms with E-state index in [4.69, 9.17) is 0 Å². The van der Waals surface area contributed by atoms with Crippen molar-refractivity contribution in [2.24, 2.45) is 0 Å². The van der Waals surface area contributed by atoms with Gasteiger partial charge in [-0.05, 0) is 52.6 Å². The number of aromatic amines is 2. The lowest BCUT2D eigenvalue weighted by Crippen LogP contribution is -2.13. The zero-order valence-electron chi connectivity index (χ0n) is 17.8. The van der Waals surface area contributed by atoms with E-state index in [0.717, 1.165) is 74.1 Å². The minimum absolute atomic E-state index is 0.752. The number of fused-ring (bicyclic) bond motifs is 9. The standard InChI is InChI=1S/C27H20N6/c1-2-16-6-19(3-1)23-14-30-15-26-21(23)9-25(31-26)27-22-8-18(4-5-24(22)32-33-27)20-7-17(11-28-10-16)12-29-13-20/h1-9,12-15,28,31H,10-11H2,(H,32,33). The van der Waals surface area contributed by atoms with Crippen LogP contribution in [0.2, 0.25) is 0 Å². The molecule has 0 radical (unpaired) electrons. The molecule has 7 rings (SSSR count). The van der Waals surface area contributed by atoms with Crippen molar-refractivity contribution in [2.45, 2.75) is 13.1 Å². The Balaban J connectivity index is 1.51. The average Bonchev–Trinajstić information content (AvgIpc) is 3.47. The predicted octanol–water partition coefficient (Wildman–Crippen LogP) is 5.44. The molecule has 6 nitrogen and oxygen atoms in total. The maximum Gasteiger partial charge on any atom is 0.116 e. The van der Waals surface area contributed by atoms with Gasteiger partial charge in [-0.3, -0.25) is 15.1 Å². The number of H-pyrrole nitrogens is 2. The van der Waals surface area contributed by atoms with Crippen LogP contribution in [-0.2, 0) is 13.1 Å². The molecular formula is C27H20N6. The molecule has 158 valence electrons. The van der Waals surface area contributed by atoms with Gasteiger partial charge in [0.25, 0.3) is 0 Å². The summed E-state index contributed by atoms with van der Waals surface area (Å²) in [5.41, 5.74) is 10.7. The Morgan fingerprint density at radius 3 is 2.58 bits per heavy atom. The fourth-order valence-corrected chi connectivity index (χ4v) is 4.75. The van der Waals surface area contributed by atoms with Crippen molar-refractivity contribution in [3.8, 4) is 33.6 Å². The van der Waals surface area contributed by atoms with E-state index in [-0.39, 0.29) is 0 Å². The molecule has 0 amide bonds. The van der Waals surface area contributed by atoms with Crippen LogP contribution in [0.3, 0.4) is 0 Å². The monoisotopic (exact) mass is 428 g/mol. The number of rotatable bonds is 0. The van der Waals surface area contributed by atoms with E-state index in [1.54, 1.807) is 0 Å². The first-order valence-electron chi connectivity index (χ1n) is 11.0. The number of nitrogens with zero attached hydrogens (tertiary/aromatic N) is 3. The highest BCUT2D eigenvalue weighted by molar-refractivity contribution is 6.01. The molecule has 6 heteroatoms. The van der Waals surface area contributed by atoms with E-state index in [2.05, 4.69) is 85.1 Å². The summed E-state index contributed by atoms with van der Waals surface area (Å²) in [6, 6.07) is 19.4. The summed E-state index contributed by atoms with van der Waals surface area (Å²) in [5.74, 6) is 0. The molecule has 33 heavy (non-hydrogen) atoms. The first-order chi connectivity index (χ1) is 16.3. The minimum atomic E-state index is 0.752. The quantitative estimate of drug-likeness (QED) is 0.301. The van der Waals surface area contributed by atoms with Gasteiger partial charge in [-0.25, -0.2) is 0 Å².